The van der Waals surface area contributed by atoms with E-state index in [2.05, 4.69) is 66.5 Å². The molecule has 10 unspecified atom stereocenters. The molecule has 4 amide bonds. The monoisotopic (exact) mass is 1340 g/mol. The fourth-order valence-corrected chi connectivity index (χ4v) is 16.2. The Hall–Kier alpha value is -6.57. The molecular formula is C64H89FN6O20P2. The molecule has 0 spiro atoms. The topological polar surface area (TPSA) is 398 Å². The molecule has 26 nitrogen and oxygen atoms in total. The molecule has 1 aliphatic heterocycles. The van der Waals surface area contributed by atoms with Crippen LogP contribution in [0.4, 0.5) is 9.18 Å². The van der Waals surface area contributed by atoms with E-state index >= 15 is 0 Å². The zero-order valence-corrected chi connectivity index (χ0v) is 54.8. The summed E-state index contributed by atoms with van der Waals surface area (Å²) in [5, 5.41) is 31.3. The fraction of sp³-hybridized carbons (Fsp3) is 0.625. The van der Waals surface area contributed by atoms with E-state index in [1.807, 2.05) is 0 Å². The number of aromatic nitrogens is 2. The van der Waals surface area contributed by atoms with E-state index in [1.54, 1.807) is 4.98 Å². The third-order valence-electron chi connectivity index (χ3n) is 20.1. The van der Waals surface area contributed by atoms with E-state index in [0.29, 0.717) is 75.7 Å². The number of phosphoric acid groups is 2. The van der Waals surface area contributed by atoms with Gasteiger partial charge >= 0.3 is 33.4 Å². The lowest BCUT2D eigenvalue weighted by Gasteiger charge is -2.58. The Morgan fingerprint density at radius 2 is 1.39 bits per heavy atom. The summed E-state index contributed by atoms with van der Waals surface area (Å²) in [4.78, 5) is 145. The average molecular weight is 1340 g/mol. The first kappa shape index (κ1) is 72.3. The maximum absolute atomic E-state index is 14.7. The summed E-state index contributed by atoms with van der Waals surface area (Å²) in [6, 6.07) is 5.79. The molecular weight excluding hydrogens is 1250 g/mol. The van der Waals surface area contributed by atoms with Crippen molar-refractivity contribution in [3.63, 3.8) is 0 Å². The number of aliphatic carboxylic acids is 1. The first-order valence-electron chi connectivity index (χ1n) is 32.1. The first-order chi connectivity index (χ1) is 43.8. The number of carbonyl (C=O) groups is 6. The van der Waals surface area contributed by atoms with E-state index in [-0.39, 0.29) is 68.4 Å². The number of phosphoric ester groups is 2. The summed E-state index contributed by atoms with van der Waals surface area (Å²) >= 11 is 0. The minimum absolute atomic E-state index is 0.0190. The number of hydrogen-bond donors (Lipinski definition) is 11. The second kappa shape index (κ2) is 30.9. The number of hydrogen-bond acceptors (Lipinski definition) is 15. The van der Waals surface area contributed by atoms with Crippen LogP contribution in [0.15, 0.2) is 76.0 Å². The van der Waals surface area contributed by atoms with E-state index in [1.165, 1.54) is 92.6 Å². The van der Waals surface area contributed by atoms with Gasteiger partial charge in [-0.25, -0.2) is 23.5 Å². The van der Waals surface area contributed by atoms with Gasteiger partial charge < -0.3 is 50.0 Å². The molecule has 512 valence electrons. The van der Waals surface area contributed by atoms with Crippen molar-refractivity contribution >= 4 is 51.2 Å². The number of Topliss-reactive ketones (excluding diaryl/α,β-unsaturated/α-hetero) is 1. The van der Waals surface area contributed by atoms with Gasteiger partial charge in [-0.2, -0.15) is 4.39 Å². The number of unbranched alkanes of at least 4 members (excludes halogenated alkanes) is 1. The van der Waals surface area contributed by atoms with Crippen LogP contribution in [0.25, 0.3) is 0 Å². The van der Waals surface area contributed by atoms with E-state index in [9.17, 15) is 81.7 Å². The molecule has 4 aliphatic carbocycles. The number of nitrogens with one attached hydrogen (secondary N) is 5. The van der Waals surface area contributed by atoms with Crippen molar-refractivity contribution in [3.8, 4) is 11.5 Å². The summed E-state index contributed by atoms with van der Waals surface area (Å²) in [5.74, 6) is -2.53. The number of carboxylic acid groups (broad SMARTS) is 1. The van der Waals surface area contributed by atoms with Crippen LogP contribution in [0.5, 0.6) is 11.5 Å². The summed E-state index contributed by atoms with van der Waals surface area (Å²) in [6.07, 6.45) is 7.25. The number of aromatic amines is 1. The Balaban J connectivity index is 0.931. The number of aliphatic hydroxyl groups is 1. The van der Waals surface area contributed by atoms with Crippen LogP contribution in [0.3, 0.4) is 0 Å². The number of ether oxygens (including phenoxy) is 2. The fourth-order valence-electron chi connectivity index (χ4n) is 15.4. The molecule has 5 aliphatic rings. The van der Waals surface area contributed by atoms with Crippen LogP contribution in [0.2, 0.25) is 0 Å². The minimum Gasteiger partial charge on any atom is -0.480 e. The van der Waals surface area contributed by atoms with E-state index in [0.717, 1.165) is 19.3 Å². The zero-order chi connectivity index (χ0) is 67.7. The Kier molecular flexibility index (Phi) is 24.0. The molecule has 14 atom stereocenters. The van der Waals surface area contributed by atoms with E-state index in [4.69, 9.17) is 14.0 Å². The average Bonchev–Trinajstić information content (AvgIpc) is 1.70. The predicted octanol–water partition coefficient (Wildman–Crippen LogP) is 6.95. The smallest absolute Gasteiger partial charge is 0.480 e. The van der Waals surface area contributed by atoms with Crippen LogP contribution in [0.1, 0.15) is 161 Å². The van der Waals surface area contributed by atoms with Crippen LogP contribution < -0.4 is 41.6 Å². The van der Waals surface area contributed by atoms with Gasteiger partial charge in [-0.3, -0.25) is 53.1 Å². The number of aliphatic hydroxyl groups excluding tert-OH is 1. The number of amides is 4. The molecule has 1 saturated heterocycles. The van der Waals surface area contributed by atoms with Gasteiger partial charge in [-0.05, 0) is 146 Å². The second-order valence-electron chi connectivity index (χ2n) is 26.8. The molecule has 8 rings (SSSR count). The Morgan fingerprint density at radius 1 is 0.763 bits per heavy atom. The molecule has 0 radical (unpaired) electrons. The molecule has 93 heavy (non-hydrogen) atoms. The van der Waals surface area contributed by atoms with Crippen molar-refractivity contribution < 1.29 is 90.6 Å². The second-order valence-corrected chi connectivity index (χ2v) is 29.2. The summed E-state index contributed by atoms with van der Waals surface area (Å²) < 4.78 is 58.7. The van der Waals surface area contributed by atoms with Gasteiger partial charge in [0.25, 0.3) is 5.56 Å². The van der Waals surface area contributed by atoms with Crippen LogP contribution in [-0.2, 0) is 55.4 Å². The predicted molar refractivity (Wildman–Crippen MR) is 334 cm³/mol. The van der Waals surface area contributed by atoms with Gasteiger partial charge in [-0.1, -0.05) is 89.8 Å². The molecule has 2 heterocycles. The van der Waals surface area contributed by atoms with Gasteiger partial charge in [-0.15, -0.1) is 0 Å². The standard InChI is InChI=1S/C64H89FN6O20P2/c1-36(2)9-8-10-37(3)45-22-23-46-44-21-16-40-33-43(26-28-63(40,4)47(44)27-29-64(45,46)5)88-62(81)69-50(31-38-12-17-41(18-13-38)90-92(82,83)84)59(77)67-49(58(76)68-51(60(78)79)32-39-14-19-42(20-15-39)91-93(85,86)87)11-6-7-30-66-54(74)25-24-52(72)56-53(73)34-55(89-56)71-35-48(65)57(75)70-61(71)80/h12-20,35-37,43-47,49-51,53,55-56,73H,6-11,21-34H2,1-5H3,(H,66,74)(H,67,77)(H,68,76)(H,69,81)(H,78,79)(H,70,75,80)(H2,82,83,84)(H2,85,86,87)/t37-,43?,44?,45?,46+,47+,49-,50?,51?,53?,55?,56?,63?,64?/m1/s1. The van der Waals surface area contributed by atoms with Crippen molar-refractivity contribution in [2.24, 2.45) is 46.3 Å². The number of H-pyrrole nitrogens is 1. The molecule has 2 aromatic carbocycles. The van der Waals surface area contributed by atoms with Crippen molar-refractivity contribution in [3.05, 3.63) is 104 Å². The minimum atomic E-state index is -4.95. The number of allylic oxidation sites excluding steroid dienone is 1. The lowest BCUT2D eigenvalue weighted by Crippen LogP contribution is -2.56. The third-order valence-corrected chi connectivity index (χ3v) is 21.0. The number of rotatable bonds is 30. The third kappa shape index (κ3) is 19.1. The van der Waals surface area contributed by atoms with E-state index < -0.39 is 117 Å². The molecule has 3 aromatic rings. The number of halogens is 1. The lowest BCUT2D eigenvalue weighted by molar-refractivity contribution is -0.142. The highest BCUT2D eigenvalue weighted by molar-refractivity contribution is 7.47. The molecule has 1 aromatic heterocycles. The zero-order valence-electron chi connectivity index (χ0n) is 53.0. The Labute approximate surface area is 538 Å². The van der Waals surface area contributed by atoms with Crippen molar-refractivity contribution in [1.29, 1.82) is 0 Å². The molecule has 3 saturated carbocycles. The quantitative estimate of drug-likeness (QED) is 0.0183. The van der Waals surface area contributed by atoms with Crippen molar-refractivity contribution in [1.82, 2.24) is 30.8 Å². The highest BCUT2D eigenvalue weighted by Gasteiger charge is 2.59. The maximum Gasteiger partial charge on any atom is 0.524 e. The number of fused-ring (bicyclic) bond motifs is 5. The highest BCUT2D eigenvalue weighted by atomic mass is 31.2. The number of carbonyl (C=O) groups excluding carboxylic acids is 5. The first-order valence-corrected chi connectivity index (χ1v) is 35.2. The normalized spacial score (nSPS) is 26.4. The summed E-state index contributed by atoms with van der Waals surface area (Å²) in [6.45, 7) is 12.0. The molecule has 29 heteroatoms. The molecule has 4 fully saturated rings. The van der Waals surface area contributed by atoms with Gasteiger partial charge in [0.15, 0.2) is 5.78 Å². The Bertz CT molecular complexity index is 3430. The highest BCUT2D eigenvalue weighted by Crippen LogP contribution is 2.67. The number of ketones is 1. The summed E-state index contributed by atoms with van der Waals surface area (Å²) in [5.41, 5.74) is -0.108. The van der Waals surface area contributed by atoms with Crippen molar-refractivity contribution in [2.45, 2.75) is 199 Å². The number of alkyl carbamates (subject to hydrolysis) is 1. The van der Waals surface area contributed by atoms with Gasteiger partial charge in [0.2, 0.25) is 23.5 Å². The molecule has 11 N–H and O–H groups in total. The molecule has 0 bridgehead atoms. The number of nitrogens with zero attached hydrogens (tertiary/aromatic N) is 1. The van der Waals surface area contributed by atoms with Crippen LogP contribution in [-0.4, -0.2) is 118 Å². The summed E-state index contributed by atoms with van der Waals surface area (Å²) in [7, 11) is -9.88. The van der Waals surface area contributed by atoms with Crippen molar-refractivity contribution in [2.75, 3.05) is 6.54 Å². The van der Waals surface area contributed by atoms with Gasteiger partial charge in [0, 0.05) is 45.1 Å². The number of carboxylic acids is 1. The largest absolute Gasteiger partial charge is 0.524 e. The maximum atomic E-state index is 14.7. The number of benzene rings is 2. The van der Waals surface area contributed by atoms with Crippen LogP contribution >= 0.6 is 15.6 Å². The van der Waals surface area contributed by atoms with Gasteiger partial charge in [0.05, 0.1) is 12.3 Å². The Morgan fingerprint density at radius 3 is 2.01 bits per heavy atom. The van der Waals surface area contributed by atoms with Crippen LogP contribution in [0, 0.1) is 52.2 Å². The SMILES string of the molecule is CC(C)CCC[C@@H](C)C1CC[C@H]2C3CC=C4CC(OC(=O)NC(Cc5ccc(OP(=O)(O)O)cc5)C(=O)N[C@H](CCCCNC(=O)CCC(=O)C5OC(n6cc(F)c(=O)[nH]c6=O)CC5O)C(=O)NC(Cc5ccc(OP(=O)(O)O)cc5)C(=O)O)CCC4(C)[C@H]3CCC12C. The lowest BCUT2D eigenvalue weighted by atomic mass is 9.47. The van der Waals surface area contributed by atoms with Gasteiger partial charge in [0.1, 0.15) is 48.1 Å².